The quantitative estimate of drug-likeness (QED) is 0.558. The number of aromatic nitrogens is 1. The van der Waals surface area contributed by atoms with Gasteiger partial charge in [0.05, 0.1) is 19.4 Å². The van der Waals surface area contributed by atoms with Crippen molar-refractivity contribution in [1.29, 1.82) is 5.41 Å². The Bertz CT molecular complexity index is 775. The zero-order chi connectivity index (χ0) is 16.2. The van der Waals surface area contributed by atoms with Gasteiger partial charge in [0.1, 0.15) is 17.3 Å². The fourth-order valence-corrected chi connectivity index (χ4v) is 2.28. The summed E-state index contributed by atoms with van der Waals surface area (Å²) in [5.74, 6) is 1.90. The molecule has 3 aromatic rings. The van der Waals surface area contributed by atoms with Gasteiger partial charge in [0.25, 0.3) is 0 Å². The summed E-state index contributed by atoms with van der Waals surface area (Å²) in [5.41, 5.74) is 8.02. The van der Waals surface area contributed by atoms with Crippen LogP contribution in [-0.2, 0) is 13.1 Å². The Morgan fingerprint density at radius 2 is 2.00 bits per heavy atom. The molecule has 0 aliphatic heterocycles. The third kappa shape index (κ3) is 3.32. The van der Waals surface area contributed by atoms with Crippen molar-refractivity contribution in [3.8, 4) is 11.3 Å². The van der Waals surface area contributed by atoms with Crippen LogP contribution in [0, 0.1) is 5.41 Å². The molecule has 0 atom stereocenters. The predicted molar refractivity (Wildman–Crippen MR) is 86.8 cm³/mol. The number of amidine groups is 1. The van der Waals surface area contributed by atoms with E-state index in [-0.39, 0.29) is 0 Å². The maximum Gasteiger partial charge on any atom is 0.150 e. The minimum absolute atomic E-state index is 0.327. The van der Waals surface area contributed by atoms with Crippen LogP contribution in [0.25, 0.3) is 11.3 Å². The van der Waals surface area contributed by atoms with Gasteiger partial charge >= 0.3 is 0 Å². The van der Waals surface area contributed by atoms with E-state index in [9.17, 15) is 0 Å². The van der Waals surface area contributed by atoms with E-state index in [1.54, 1.807) is 6.26 Å². The third-order valence-electron chi connectivity index (χ3n) is 3.57. The lowest BCUT2D eigenvalue weighted by Crippen LogP contribution is -2.25. The fourth-order valence-electron chi connectivity index (χ4n) is 2.28. The lowest BCUT2D eigenvalue weighted by molar-refractivity contribution is 0.387. The monoisotopic (exact) mass is 310 g/mol. The first-order valence-corrected chi connectivity index (χ1v) is 7.26. The van der Waals surface area contributed by atoms with Gasteiger partial charge in [-0.3, -0.25) is 5.41 Å². The van der Waals surface area contributed by atoms with E-state index in [1.807, 2.05) is 54.4 Å². The molecule has 0 saturated carbocycles. The minimum Gasteiger partial charge on any atom is -0.467 e. The minimum atomic E-state index is 0.327. The van der Waals surface area contributed by atoms with Crippen molar-refractivity contribution < 1.29 is 8.94 Å². The summed E-state index contributed by atoms with van der Waals surface area (Å²) in [4.78, 5) is 1.83. The molecule has 0 saturated heterocycles. The molecule has 1 aromatic carbocycles. The molecule has 23 heavy (non-hydrogen) atoms. The van der Waals surface area contributed by atoms with E-state index in [0.717, 1.165) is 22.6 Å². The largest absolute Gasteiger partial charge is 0.467 e. The summed E-state index contributed by atoms with van der Waals surface area (Å²) in [6.45, 7) is 0.879. The molecule has 0 aliphatic carbocycles. The van der Waals surface area contributed by atoms with Crippen molar-refractivity contribution in [3.63, 3.8) is 0 Å². The summed E-state index contributed by atoms with van der Waals surface area (Å²) < 4.78 is 10.4. The van der Waals surface area contributed by atoms with E-state index in [2.05, 4.69) is 5.16 Å². The third-order valence-corrected chi connectivity index (χ3v) is 3.57. The van der Waals surface area contributed by atoms with Crippen molar-refractivity contribution in [2.24, 2.45) is 5.73 Å². The number of hydrogen-bond acceptors (Lipinski definition) is 5. The van der Waals surface area contributed by atoms with E-state index in [0.29, 0.717) is 24.7 Å². The van der Waals surface area contributed by atoms with Crippen LogP contribution in [-0.4, -0.2) is 22.9 Å². The van der Waals surface area contributed by atoms with Gasteiger partial charge in [0, 0.05) is 24.2 Å². The van der Waals surface area contributed by atoms with Gasteiger partial charge in [-0.2, -0.15) is 0 Å². The topological polar surface area (TPSA) is 92.3 Å². The summed E-state index contributed by atoms with van der Waals surface area (Å²) in [7, 11) is 1.87. The van der Waals surface area contributed by atoms with Crippen molar-refractivity contribution in [3.05, 3.63) is 65.8 Å². The second-order valence-corrected chi connectivity index (χ2v) is 5.24. The van der Waals surface area contributed by atoms with Crippen LogP contribution in [0.15, 0.2) is 57.7 Å². The van der Waals surface area contributed by atoms with E-state index >= 15 is 0 Å². The number of nitrogens with two attached hydrogens (primary N) is 1. The van der Waals surface area contributed by atoms with Crippen LogP contribution in [0.4, 0.5) is 0 Å². The molecular weight excluding hydrogens is 292 g/mol. The molecule has 2 aromatic heterocycles. The Hall–Kier alpha value is -2.86. The average molecular weight is 310 g/mol. The first kappa shape index (κ1) is 15.1. The van der Waals surface area contributed by atoms with Gasteiger partial charge < -0.3 is 19.6 Å². The Kier molecular flexibility index (Phi) is 4.25. The number of rotatable bonds is 5. The second kappa shape index (κ2) is 6.50. The SMILES string of the molecule is CN(Cc1ccco1)C(=N)c1ccc(-c2cc(CN)on2)cc1. The molecule has 6 nitrogen and oxygen atoms in total. The average Bonchev–Trinajstić information content (AvgIpc) is 3.25. The van der Waals surface area contributed by atoms with Gasteiger partial charge in [0.2, 0.25) is 0 Å². The molecule has 6 heteroatoms. The summed E-state index contributed by atoms with van der Waals surface area (Å²) >= 11 is 0. The summed E-state index contributed by atoms with van der Waals surface area (Å²) in [6.07, 6.45) is 1.63. The maximum atomic E-state index is 8.28. The summed E-state index contributed by atoms with van der Waals surface area (Å²) in [6, 6.07) is 13.2. The molecule has 0 fully saturated rings. The van der Waals surface area contributed by atoms with Crippen LogP contribution >= 0.6 is 0 Å². The lowest BCUT2D eigenvalue weighted by Gasteiger charge is -2.18. The number of hydrogen-bond donors (Lipinski definition) is 2. The highest BCUT2D eigenvalue weighted by molar-refractivity contribution is 5.96. The van der Waals surface area contributed by atoms with E-state index in [4.69, 9.17) is 20.1 Å². The van der Waals surface area contributed by atoms with Crippen molar-refractivity contribution in [1.82, 2.24) is 10.1 Å². The molecule has 0 amide bonds. The first-order valence-electron chi connectivity index (χ1n) is 7.26. The fraction of sp³-hybridized carbons (Fsp3) is 0.176. The molecule has 3 rings (SSSR count). The van der Waals surface area contributed by atoms with Crippen LogP contribution in [0.5, 0.6) is 0 Å². The normalized spacial score (nSPS) is 10.7. The number of nitrogens with zero attached hydrogens (tertiary/aromatic N) is 2. The zero-order valence-electron chi connectivity index (χ0n) is 12.8. The predicted octanol–water partition coefficient (Wildman–Crippen LogP) is 2.85. The Labute approximate surface area is 134 Å². The Morgan fingerprint density at radius 3 is 2.61 bits per heavy atom. The first-order chi connectivity index (χ1) is 11.2. The van der Waals surface area contributed by atoms with Gasteiger partial charge in [-0.05, 0) is 12.1 Å². The maximum absolute atomic E-state index is 8.28. The van der Waals surface area contributed by atoms with Crippen molar-refractivity contribution in [2.75, 3.05) is 7.05 Å². The molecule has 118 valence electrons. The Morgan fingerprint density at radius 1 is 1.22 bits per heavy atom. The molecule has 0 spiro atoms. The molecule has 0 aliphatic rings. The molecule has 3 N–H and O–H groups in total. The zero-order valence-corrected chi connectivity index (χ0v) is 12.8. The number of nitrogens with one attached hydrogen (secondary N) is 1. The van der Waals surface area contributed by atoms with E-state index < -0.39 is 0 Å². The van der Waals surface area contributed by atoms with Crippen LogP contribution < -0.4 is 5.73 Å². The second-order valence-electron chi connectivity index (χ2n) is 5.24. The van der Waals surface area contributed by atoms with Crippen LogP contribution in [0.1, 0.15) is 17.1 Å². The van der Waals surface area contributed by atoms with Crippen LogP contribution in [0.2, 0.25) is 0 Å². The smallest absolute Gasteiger partial charge is 0.150 e. The van der Waals surface area contributed by atoms with Gasteiger partial charge in [0.15, 0.2) is 5.76 Å². The standard InChI is InChI=1S/C17H18N4O2/c1-21(11-14-3-2-8-22-14)17(19)13-6-4-12(5-7-13)16-9-15(10-18)23-20-16/h2-9,19H,10-11,18H2,1H3. The molecule has 0 bridgehead atoms. The highest BCUT2D eigenvalue weighted by Crippen LogP contribution is 2.20. The molecule has 0 radical (unpaired) electrons. The van der Waals surface area contributed by atoms with Crippen molar-refractivity contribution in [2.45, 2.75) is 13.1 Å². The number of furan rings is 1. The van der Waals surface area contributed by atoms with Crippen LogP contribution in [0.3, 0.4) is 0 Å². The Balaban J connectivity index is 1.72. The lowest BCUT2D eigenvalue weighted by atomic mass is 10.1. The van der Waals surface area contributed by atoms with Gasteiger partial charge in [-0.15, -0.1) is 0 Å². The molecular formula is C17H18N4O2. The highest BCUT2D eigenvalue weighted by Gasteiger charge is 2.11. The van der Waals surface area contributed by atoms with Gasteiger partial charge in [-0.1, -0.05) is 29.4 Å². The van der Waals surface area contributed by atoms with E-state index in [1.165, 1.54) is 0 Å². The molecule has 2 heterocycles. The number of benzene rings is 1. The molecule has 0 unspecified atom stereocenters. The highest BCUT2D eigenvalue weighted by atomic mass is 16.5. The van der Waals surface area contributed by atoms with Gasteiger partial charge in [-0.25, -0.2) is 0 Å². The summed E-state index contributed by atoms with van der Waals surface area (Å²) in [5, 5.41) is 12.3. The van der Waals surface area contributed by atoms with Crippen molar-refractivity contribution >= 4 is 5.84 Å².